The van der Waals surface area contributed by atoms with Gasteiger partial charge in [-0.05, 0) is 44.2 Å². The van der Waals surface area contributed by atoms with Crippen LogP contribution < -0.4 is 21.5 Å². The second-order valence-corrected chi connectivity index (χ2v) is 10.2. The van der Waals surface area contributed by atoms with E-state index in [1.54, 1.807) is 27.9 Å². The molecular weight excluding hydrogens is 587 g/mol. The van der Waals surface area contributed by atoms with E-state index in [-0.39, 0.29) is 22.3 Å². The summed E-state index contributed by atoms with van der Waals surface area (Å²) in [7, 11) is 4.20. The van der Waals surface area contributed by atoms with Gasteiger partial charge in [-0.3, -0.25) is 14.3 Å². The number of ether oxygens (including phenoxy) is 1. The molecule has 218 valence electrons. The number of para-hydroxylation sites is 1. The topological polar surface area (TPSA) is 116 Å². The first-order chi connectivity index (χ1) is 19.1. The zero-order chi connectivity index (χ0) is 30.6. The lowest BCUT2D eigenvalue weighted by Gasteiger charge is -2.15. The third-order valence-corrected chi connectivity index (χ3v) is 6.91. The second kappa shape index (κ2) is 12.6. The van der Waals surface area contributed by atoms with Gasteiger partial charge in [0, 0.05) is 27.2 Å². The zero-order valence-corrected chi connectivity index (χ0v) is 24.0. The quantitative estimate of drug-likeness (QED) is 0.330. The first-order valence-corrected chi connectivity index (χ1v) is 13.1. The van der Waals surface area contributed by atoms with Gasteiger partial charge in [-0.15, -0.1) is 0 Å². The first-order valence-electron chi connectivity index (χ1n) is 11.9. The number of benzene rings is 2. The van der Waals surface area contributed by atoms with Crippen LogP contribution in [-0.4, -0.2) is 46.3 Å². The average Bonchev–Trinajstić information content (AvgIpc) is 3.34. The number of nitrogens with zero attached hydrogens (tertiary/aromatic N) is 4. The van der Waals surface area contributed by atoms with Gasteiger partial charge in [-0.2, -0.15) is 13.2 Å². The van der Waals surface area contributed by atoms with E-state index in [0.717, 1.165) is 23.3 Å². The van der Waals surface area contributed by atoms with E-state index in [4.69, 9.17) is 16.3 Å². The smallest absolute Gasteiger partial charge is 0.431 e. The fourth-order valence-electron chi connectivity index (χ4n) is 3.48. The molecule has 0 saturated carbocycles. The van der Waals surface area contributed by atoms with E-state index in [9.17, 15) is 32.3 Å². The summed E-state index contributed by atoms with van der Waals surface area (Å²) in [6.07, 6.45) is -5.30. The van der Waals surface area contributed by atoms with E-state index in [1.165, 1.54) is 28.4 Å². The van der Waals surface area contributed by atoms with Crippen LogP contribution in [0, 0.1) is 0 Å². The molecule has 0 aliphatic heterocycles. The maximum Gasteiger partial charge on any atom is 0.431 e. The van der Waals surface area contributed by atoms with Crippen LogP contribution in [0.4, 0.5) is 23.1 Å². The number of halogens is 4. The van der Waals surface area contributed by atoms with Crippen molar-refractivity contribution in [1.29, 1.82) is 0 Å². The van der Waals surface area contributed by atoms with E-state index in [1.807, 2.05) is 24.3 Å². The van der Waals surface area contributed by atoms with Crippen molar-refractivity contribution in [1.82, 2.24) is 19.4 Å². The van der Waals surface area contributed by atoms with Gasteiger partial charge in [0.05, 0.1) is 32.6 Å². The molecule has 0 aliphatic rings. The summed E-state index contributed by atoms with van der Waals surface area (Å²) in [6.45, 7) is 3.23. The van der Waals surface area contributed by atoms with Crippen molar-refractivity contribution >= 4 is 50.3 Å². The second-order valence-electron chi connectivity index (χ2n) is 8.74. The summed E-state index contributed by atoms with van der Waals surface area (Å²) < 4.78 is 45.6. The molecule has 15 heteroatoms. The summed E-state index contributed by atoms with van der Waals surface area (Å²) in [5.74, 6) is -0.788. The molecule has 10 nitrogen and oxygen atoms in total. The molecule has 0 radical (unpaired) electrons. The molecule has 0 atom stereocenters. The molecule has 0 spiro atoms. The summed E-state index contributed by atoms with van der Waals surface area (Å²) in [5, 5.41) is 3.28. The molecule has 2 amide bonds. The predicted molar refractivity (Wildman–Crippen MR) is 150 cm³/mol. The Kier molecular flexibility index (Phi) is 9.61. The number of carbonyl (C=O) groups excluding carboxylic acids is 2. The van der Waals surface area contributed by atoms with Crippen LogP contribution >= 0.6 is 22.9 Å². The fraction of sp³-hybridized carbons (Fsp3) is 0.269. The Bertz CT molecular complexity index is 1680. The van der Waals surface area contributed by atoms with Crippen molar-refractivity contribution in [3.05, 3.63) is 85.6 Å². The number of hydrogen-bond donors (Lipinski definition) is 1. The van der Waals surface area contributed by atoms with Gasteiger partial charge in [0.2, 0.25) is 0 Å². The summed E-state index contributed by atoms with van der Waals surface area (Å²) in [5.41, 5.74) is -3.08. The first kappa shape index (κ1) is 31.4. The molecule has 2 heterocycles. The van der Waals surface area contributed by atoms with Gasteiger partial charge in [0.25, 0.3) is 5.56 Å². The Morgan fingerprint density at radius 1 is 1.12 bits per heavy atom. The largest absolute Gasteiger partial charge is 0.459 e. The van der Waals surface area contributed by atoms with E-state index < -0.39 is 35.2 Å². The van der Waals surface area contributed by atoms with Crippen LogP contribution in [0.15, 0.2) is 58.1 Å². The van der Waals surface area contributed by atoms with Crippen molar-refractivity contribution < 1.29 is 27.5 Å². The fourth-order valence-corrected chi connectivity index (χ4v) is 4.60. The normalized spacial score (nSPS) is 11.2. The van der Waals surface area contributed by atoms with Crippen LogP contribution in [0.2, 0.25) is 5.02 Å². The predicted octanol–water partition coefficient (Wildman–Crippen LogP) is 4.85. The lowest BCUT2D eigenvalue weighted by Crippen LogP contribution is -2.40. The van der Waals surface area contributed by atoms with Crippen LogP contribution in [0.3, 0.4) is 0 Å². The number of fused-ring (bicyclic) bond motifs is 1. The highest BCUT2D eigenvalue weighted by Gasteiger charge is 2.35. The molecule has 4 aromatic rings. The molecule has 0 unspecified atom stereocenters. The van der Waals surface area contributed by atoms with Crippen molar-refractivity contribution in [3.8, 4) is 5.69 Å². The Morgan fingerprint density at radius 3 is 2.37 bits per heavy atom. The Hall–Kier alpha value is -4.17. The summed E-state index contributed by atoms with van der Waals surface area (Å²) in [4.78, 5) is 53.7. The lowest BCUT2D eigenvalue weighted by molar-refractivity contribution is -0.144. The number of esters is 1. The molecular formula is C26H25ClF3N5O5S. The van der Waals surface area contributed by atoms with Gasteiger partial charge in [-0.25, -0.2) is 23.9 Å². The number of thiazole rings is 1. The molecule has 2 aromatic carbocycles. The molecule has 0 aliphatic carbocycles. The molecule has 0 saturated heterocycles. The maximum atomic E-state index is 12.9. The minimum Gasteiger partial charge on any atom is -0.459 e. The minimum absolute atomic E-state index is 0.0104. The van der Waals surface area contributed by atoms with Gasteiger partial charge in [0.1, 0.15) is 5.69 Å². The number of urea groups is 1. The summed E-state index contributed by atoms with van der Waals surface area (Å²) >= 11 is 7.44. The SMILES string of the molecule is CC(C)OC(=O)c1cc(-n2c(=O)cc(C(F)(F)F)n(C)c2=O)ccc1Cl.CNC(=O)N(C)c1nc2ccccc2s1. The van der Waals surface area contributed by atoms with Crippen LogP contribution in [0.1, 0.15) is 29.9 Å². The number of nitrogens with one attached hydrogen (secondary N) is 1. The number of amides is 2. The molecule has 0 bridgehead atoms. The lowest BCUT2D eigenvalue weighted by atomic mass is 10.2. The third kappa shape index (κ3) is 7.13. The number of alkyl halides is 3. The Morgan fingerprint density at radius 2 is 1.78 bits per heavy atom. The van der Waals surface area contributed by atoms with Crippen molar-refractivity contribution in [2.75, 3.05) is 19.0 Å². The third-order valence-electron chi connectivity index (χ3n) is 5.47. The van der Waals surface area contributed by atoms with Crippen molar-refractivity contribution in [2.24, 2.45) is 7.05 Å². The molecule has 4 rings (SSSR count). The zero-order valence-electron chi connectivity index (χ0n) is 22.4. The van der Waals surface area contributed by atoms with Gasteiger partial charge < -0.3 is 10.1 Å². The van der Waals surface area contributed by atoms with Crippen LogP contribution in [-0.2, 0) is 18.0 Å². The van der Waals surface area contributed by atoms with Gasteiger partial charge in [-0.1, -0.05) is 35.1 Å². The number of hydrogen-bond acceptors (Lipinski definition) is 7. The number of carbonyl (C=O) groups is 2. The Labute approximate surface area is 240 Å². The van der Waals surface area contributed by atoms with Gasteiger partial charge in [0.15, 0.2) is 5.13 Å². The van der Waals surface area contributed by atoms with Gasteiger partial charge >= 0.3 is 23.9 Å². The molecule has 1 N–H and O–H groups in total. The Balaban J connectivity index is 0.000000260. The highest BCUT2D eigenvalue weighted by atomic mass is 35.5. The summed E-state index contributed by atoms with van der Waals surface area (Å²) in [6, 6.07) is 11.6. The van der Waals surface area contributed by atoms with E-state index in [0.29, 0.717) is 20.3 Å². The maximum absolute atomic E-state index is 12.9. The molecule has 0 fully saturated rings. The van der Waals surface area contributed by atoms with Crippen molar-refractivity contribution in [3.63, 3.8) is 0 Å². The highest BCUT2D eigenvalue weighted by molar-refractivity contribution is 7.22. The number of aromatic nitrogens is 3. The average molecular weight is 612 g/mol. The molecule has 2 aromatic heterocycles. The minimum atomic E-state index is -4.86. The van der Waals surface area contributed by atoms with E-state index in [2.05, 4.69) is 10.3 Å². The van der Waals surface area contributed by atoms with Crippen LogP contribution in [0.25, 0.3) is 15.9 Å². The number of anilines is 1. The molecule has 41 heavy (non-hydrogen) atoms. The number of rotatable bonds is 4. The van der Waals surface area contributed by atoms with Crippen molar-refractivity contribution in [2.45, 2.75) is 26.1 Å². The monoisotopic (exact) mass is 611 g/mol. The van der Waals surface area contributed by atoms with E-state index >= 15 is 0 Å². The van der Waals surface area contributed by atoms with Crippen LogP contribution in [0.5, 0.6) is 0 Å². The standard InChI is InChI=1S/C16H14ClF3N2O4.C10H11N3OS/c1-8(2)26-14(24)10-6-9(4-5-11(10)17)22-13(23)7-12(16(18,19)20)21(3)15(22)25;1-11-9(14)13(2)10-12-7-5-3-4-6-8(7)15-10/h4-8H,1-3H3;3-6H,1-2H3,(H,11,14). The highest BCUT2D eigenvalue weighted by Crippen LogP contribution is 2.28.